The van der Waals surface area contributed by atoms with Crippen LogP contribution in [0, 0.1) is 0 Å². The van der Waals surface area contributed by atoms with E-state index in [0.717, 1.165) is 12.0 Å². The van der Waals surface area contributed by atoms with Crippen molar-refractivity contribution in [2.24, 2.45) is 0 Å². The first kappa shape index (κ1) is 15.3. The van der Waals surface area contributed by atoms with Crippen molar-refractivity contribution in [2.75, 3.05) is 13.2 Å². The summed E-state index contributed by atoms with van der Waals surface area (Å²) in [5.41, 5.74) is 0.790. The molecule has 0 radical (unpaired) electrons. The standard InChI is InChI=1S/C15H19NO5/c17-10-12-7-4-8-16(12)15(20)21-13(14(18)19)9-11-5-2-1-3-6-11/h1-3,5-6,12-13,17H,4,7-10H2,(H,18,19)/t12-,13+/m1/s1. The first-order valence-corrected chi connectivity index (χ1v) is 6.96. The highest BCUT2D eigenvalue weighted by atomic mass is 16.6. The van der Waals surface area contributed by atoms with Crippen molar-refractivity contribution in [3.63, 3.8) is 0 Å². The van der Waals surface area contributed by atoms with Crippen molar-refractivity contribution in [3.05, 3.63) is 35.9 Å². The number of carboxylic acid groups (broad SMARTS) is 1. The smallest absolute Gasteiger partial charge is 0.410 e. The molecule has 1 amide bonds. The van der Waals surface area contributed by atoms with Gasteiger partial charge in [-0.05, 0) is 18.4 Å². The number of carboxylic acids is 1. The van der Waals surface area contributed by atoms with Crippen LogP contribution in [0.25, 0.3) is 0 Å². The van der Waals surface area contributed by atoms with Crippen LogP contribution < -0.4 is 0 Å². The Bertz CT molecular complexity index is 490. The molecule has 2 N–H and O–H groups in total. The van der Waals surface area contributed by atoms with Gasteiger partial charge in [0.1, 0.15) is 0 Å². The van der Waals surface area contributed by atoms with Crippen LogP contribution in [-0.2, 0) is 16.0 Å². The quantitative estimate of drug-likeness (QED) is 0.854. The summed E-state index contributed by atoms with van der Waals surface area (Å²) in [6.45, 7) is 0.354. The second-order valence-electron chi connectivity index (χ2n) is 5.07. The lowest BCUT2D eigenvalue weighted by atomic mass is 10.1. The average Bonchev–Trinajstić information content (AvgIpc) is 2.96. The maximum atomic E-state index is 12.0. The number of benzene rings is 1. The number of aliphatic hydroxyl groups is 1. The largest absolute Gasteiger partial charge is 0.478 e. The van der Waals surface area contributed by atoms with Crippen molar-refractivity contribution in [3.8, 4) is 0 Å². The van der Waals surface area contributed by atoms with E-state index >= 15 is 0 Å². The van der Waals surface area contributed by atoms with Crippen molar-refractivity contribution in [1.29, 1.82) is 0 Å². The molecule has 0 spiro atoms. The van der Waals surface area contributed by atoms with E-state index in [1.54, 1.807) is 24.3 Å². The molecule has 0 aromatic heterocycles. The molecule has 6 heteroatoms. The molecular weight excluding hydrogens is 274 g/mol. The summed E-state index contributed by atoms with van der Waals surface area (Å²) in [4.78, 5) is 24.7. The molecule has 1 aliphatic rings. The van der Waals surface area contributed by atoms with Crippen LogP contribution in [0.2, 0.25) is 0 Å². The number of hydrogen-bond acceptors (Lipinski definition) is 4. The van der Waals surface area contributed by atoms with Crippen molar-refractivity contribution in [1.82, 2.24) is 4.90 Å². The van der Waals surface area contributed by atoms with Gasteiger partial charge in [-0.2, -0.15) is 0 Å². The second kappa shape index (κ2) is 7.08. The van der Waals surface area contributed by atoms with Crippen LogP contribution in [0.4, 0.5) is 4.79 Å². The molecule has 2 atom stereocenters. The molecule has 1 saturated heterocycles. The van der Waals surface area contributed by atoms with Gasteiger partial charge in [0.15, 0.2) is 0 Å². The van der Waals surface area contributed by atoms with Crippen molar-refractivity contribution in [2.45, 2.75) is 31.4 Å². The van der Waals surface area contributed by atoms with Gasteiger partial charge in [0.05, 0.1) is 12.6 Å². The van der Waals surface area contributed by atoms with Gasteiger partial charge in [-0.3, -0.25) is 0 Å². The first-order valence-electron chi connectivity index (χ1n) is 6.96. The topological polar surface area (TPSA) is 87.1 Å². The molecule has 1 aliphatic heterocycles. The third-order valence-electron chi connectivity index (χ3n) is 3.60. The number of carbonyl (C=O) groups is 2. The van der Waals surface area contributed by atoms with Gasteiger partial charge in [-0.1, -0.05) is 30.3 Å². The van der Waals surface area contributed by atoms with Gasteiger partial charge in [0.25, 0.3) is 0 Å². The first-order chi connectivity index (χ1) is 10.1. The Kier molecular flexibility index (Phi) is 5.16. The fourth-order valence-electron chi connectivity index (χ4n) is 2.46. The van der Waals surface area contributed by atoms with Crippen LogP contribution in [0.3, 0.4) is 0 Å². The minimum absolute atomic E-state index is 0.125. The van der Waals surface area contributed by atoms with Crippen LogP contribution in [-0.4, -0.2) is 52.5 Å². The highest BCUT2D eigenvalue weighted by Gasteiger charge is 2.32. The number of carbonyl (C=O) groups excluding carboxylic acids is 1. The Morgan fingerprint density at radius 1 is 1.33 bits per heavy atom. The van der Waals surface area contributed by atoms with Crippen LogP contribution >= 0.6 is 0 Å². The molecule has 0 unspecified atom stereocenters. The van der Waals surface area contributed by atoms with Crippen LogP contribution in [0.1, 0.15) is 18.4 Å². The number of amides is 1. The van der Waals surface area contributed by atoms with Gasteiger partial charge in [0, 0.05) is 13.0 Å². The summed E-state index contributed by atoms with van der Waals surface area (Å²) in [5, 5.41) is 18.4. The molecule has 6 nitrogen and oxygen atoms in total. The molecule has 0 bridgehead atoms. The fraction of sp³-hybridized carbons (Fsp3) is 0.467. The minimum Gasteiger partial charge on any atom is -0.478 e. The Labute approximate surface area is 122 Å². The zero-order valence-electron chi connectivity index (χ0n) is 11.6. The fourth-order valence-corrected chi connectivity index (χ4v) is 2.46. The molecule has 114 valence electrons. The predicted octanol–water partition coefficient (Wildman–Crippen LogP) is 1.28. The Balaban J connectivity index is 1.99. The molecule has 2 rings (SSSR count). The van der Waals surface area contributed by atoms with Crippen LogP contribution in [0.15, 0.2) is 30.3 Å². The van der Waals surface area contributed by atoms with E-state index in [9.17, 15) is 19.8 Å². The van der Waals surface area contributed by atoms with Crippen molar-refractivity contribution < 1.29 is 24.5 Å². The lowest BCUT2D eigenvalue weighted by molar-refractivity contribution is -0.147. The molecule has 1 aromatic rings. The van der Waals surface area contributed by atoms with E-state index in [1.165, 1.54) is 4.90 Å². The Morgan fingerprint density at radius 3 is 2.67 bits per heavy atom. The van der Waals surface area contributed by atoms with E-state index in [0.29, 0.717) is 13.0 Å². The summed E-state index contributed by atoms with van der Waals surface area (Å²) in [6.07, 6.45) is -0.270. The van der Waals surface area contributed by atoms with E-state index in [4.69, 9.17) is 4.74 Å². The number of nitrogens with zero attached hydrogens (tertiary/aromatic N) is 1. The summed E-state index contributed by atoms with van der Waals surface area (Å²) in [5.74, 6) is -1.17. The molecule has 1 heterocycles. The van der Waals surface area contributed by atoms with E-state index < -0.39 is 18.2 Å². The number of aliphatic carboxylic acids is 1. The van der Waals surface area contributed by atoms with E-state index in [2.05, 4.69) is 0 Å². The Hall–Kier alpha value is -2.08. The summed E-state index contributed by atoms with van der Waals surface area (Å²) < 4.78 is 5.11. The lowest BCUT2D eigenvalue weighted by Gasteiger charge is -2.24. The molecule has 1 fully saturated rings. The molecular formula is C15H19NO5. The second-order valence-corrected chi connectivity index (χ2v) is 5.07. The van der Waals surface area contributed by atoms with Gasteiger partial charge in [-0.25, -0.2) is 9.59 Å². The normalized spacial score (nSPS) is 19.3. The summed E-state index contributed by atoms with van der Waals surface area (Å²) in [6, 6.07) is 8.74. The van der Waals surface area contributed by atoms with Gasteiger partial charge in [-0.15, -0.1) is 0 Å². The van der Waals surface area contributed by atoms with E-state index in [-0.39, 0.29) is 19.1 Å². The van der Waals surface area contributed by atoms with Crippen molar-refractivity contribution >= 4 is 12.1 Å². The molecule has 1 aromatic carbocycles. The van der Waals surface area contributed by atoms with Gasteiger partial charge in [0.2, 0.25) is 6.10 Å². The zero-order valence-corrected chi connectivity index (χ0v) is 11.6. The number of hydrogen-bond donors (Lipinski definition) is 2. The minimum atomic E-state index is -1.22. The number of aliphatic hydroxyl groups excluding tert-OH is 1. The third kappa shape index (κ3) is 3.95. The van der Waals surface area contributed by atoms with Crippen LogP contribution in [0.5, 0.6) is 0 Å². The number of likely N-dealkylation sites (tertiary alicyclic amines) is 1. The SMILES string of the molecule is O=C(O)[C@H](Cc1ccccc1)OC(=O)N1CCC[C@@H]1CO. The lowest BCUT2D eigenvalue weighted by Crippen LogP contribution is -2.41. The average molecular weight is 293 g/mol. The molecule has 0 saturated carbocycles. The number of rotatable bonds is 5. The van der Waals surface area contributed by atoms with Gasteiger partial charge < -0.3 is 19.8 Å². The van der Waals surface area contributed by atoms with E-state index in [1.807, 2.05) is 6.07 Å². The Morgan fingerprint density at radius 2 is 2.05 bits per heavy atom. The zero-order chi connectivity index (χ0) is 15.2. The third-order valence-corrected chi connectivity index (χ3v) is 3.60. The molecule has 21 heavy (non-hydrogen) atoms. The monoisotopic (exact) mass is 293 g/mol. The summed E-state index contributed by atoms with van der Waals surface area (Å²) >= 11 is 0. The molecule has 0 aliphatic carbocycles. The maximum Gasteiger partial charge on any atom is 0.410 e. The summed E-state index contributed by atoms with van der Waals surface area (Å²) in [7, 11) is 0. The highest BCUT2D eigenvalue weighted by Crippen LogP contribution is 2.19. The van der Waals surface area contributed by atoms with Gasteiger partial charge >= 0.3 is 12.1 Å². The predicted molar refractivity (Wildman–Crippen MR) is 74.9 cm³/mol. The highest BCUT2D eigenvalue weighted by molar-refractivity contribution is 5.78. The maximum absolute atomic E-state index is 12.0. The number of ether oxygens (including phenoxy) is 1.